The molecule has 0 aromatic rings. The van der Waals surface area contributed by atoms with Gasteiger partial charge >= 0.3 is 23.9 Å². The fourth-order valence-electron chi connectivity index (χ4n) is 2.07. The molecule has 1 heterocycles. The van der Waals surface area contributed by atoms with Gasteiger partial charge in [-0.3, -0.25) is 14.4 Å². The molecule has 126 valence electrons. The van der Waals surface area contributed by atoms with Crippen molar-refractivity contribution in [2.45, 2.75) is 51.5 Å². The Balaban J connectivity index is 2.95. The average Bonchev–Trinajstić information content (AvgIpc) is 2.39. The van der Waals surface area contributed by atoms with Crippen molar-refractivity contribution < 1.29 is 42.5 Å². The van der Waals surface area contributed by atoms with Crippen LogP contribution in [0.3, 0.4) is 0 Å². The molecule has 0 aromatic carbocycles. The van der Waals surface area contributed by atoms with Gasteiger partial charge in [0.15, 0.2) is 0 Å². The van der Waals surface area contributed by atoms with Crippen molar-refractivity contribution in [2.24, 2.45) is 0 Å². The molecule has 1 saturated heterocycles. The van der Waals surface area contributed by atoms with E-state index in [1.165, 1.54) is 6.92 Å². The highest BCUT2D eigenvalue weighted by atomic mass is 18.2. The molecule has 0 saturated carbocycles. The first-order valence-electron chi connectivity index (χ1n) is 6.57. The SMILES string of the molecule is COC1([18F])O[C@H](COC(C)=O)C[C@H](OC(C)=O)[C@H]1OC(C)=O. The molecule has 22 heavy (non-hydrogen) atoms. The molecule has 8 nitrogen and oxygen atoms in total. The molecule has 1 aliphatic rings. The van der Waals surface area contributed by atoms with E-state index >= 15 is 0 Å². The van der Waals surface area contributed by atoms with Gasteiger partial charge in [-0.2, -0.15) is 4.39 Å². The summed E-state index contributed by atoms with van der Waals surface area (Å²) < 4.78 is 39.0. The summed E-state index contributed by atoms with van der Waals surface area (Å²) in [7, 11) is 1.01. The lowest BCUT2D eigenvalue weighted by atomic mass is 10.0. The predicted octanol–water partition coefficient (Wildman–Crippen LogP) is 0.471. The van der Waals surface area contributed by atoms with E-state index in [-0.39, 0.29) is 13.0 Å². The van der Waals surface area contributed by atoms with Crippen molar-refractivity contribution in [3.8, 4) is 0 Å². The van der Waals surface area contributed by atoms with E-state index in [9.17, 15) is 18.8 Å². The van der Waals surface area contributed by atoms with E-state index in [2.05, 4.69) is 4.74 Å². The third kappa shape index (κ3) is 4.92. The second-order valence-corrected chi connectivity index (χ2v) is 4.74. The van der Waals surface area contributed by atoms with Gasteiger partial charge in [-0.1, -0.05) is 0 Å². The van der Waals surface area contributed by atoms with Crippen LogP contribution in [0.1, 0.15) is 27.2 Å². The van der Waals surface area contributed by atoms with Crippen LogP contribution in [0.4, 0.5) is 4.39 Å². The van der Waals surface area contributed by atoms with Crippen LogP contribution in [0.5, 0.6) is 0 Å². The van der Waals surface area contributed by atoms with Crippen LogP contribution in [0.25, 0.3) is 0 Å². The fraction of sp³-hybridized carbons (Fsp3) is 0.769. The Labute approximate surface area is 126 Å². The van der Waals surface area contributed by atoms with Crippen molar-refractivity contribution in [1.29, 1.82) is 0 Å². The van der Waals surface area contributed by atoms with Gasteiger partial charge in [0.25, 0.3) is 0 Å². The Morgan fingerprint density at radius 1 is 1.14 bits per heavy atom. The number of alkyl halides is 1. The summed E-state index contributed by atoms with van der Waals surface area (Å²) in [6.07, 6.45) is -3.68. The highest BCUT2D eigenvalue weighted by Crippen LogP contribution is 2.35. The minimum Gasteiger partial charge on any atom is -0.463 e. The number of ether oxygens (including phenoxy) is 5. The summed E-state index contributed by atoms with van der Waals surface area (Å²) in [6, 6.07) is -2.82. The first-order chi connectivity index (χ1) is 10.2. The predicted molar refractivity (Wildman–Crippen MR) is 68.1 cm³/mol. The van der Waals surface area contributed by atoms with Crippen LogP contribution < -0.4 is 0 Å². The lowest BCUT2D eigenvalue weighted by molar-refractivity contribution is -0.395. The van der Waals surface area contributed by atoms with Crippen LogP contribution in [0.15, 0.2) is 0 Å². The number of rotatable bonds is 5. The van der Waals surface area contributed by atoms with Crippen molar-refractivity contribution in [1.82, 2.24) is 0 Å². The molecule has 1 fully saturated rings. The number of carbonyl (C=O) groups excluding carboxylic acids is 3. The molecule has 0 spiro atoms. The monoisotopic (exact) mass is 321 g/mol. The van der Waals surface area contributed by atoms with E-state index in [1.54, 1.807) is 0 Å². The van der Waals surface area contributed by atoms with Crippen LogP contribution in [-0.4, -0.2) is 56.0 Å². The highest BCUT2D eigenvalue weighted by Gasteiger charge is 2.56. The van der Waals surface area contributed by atoms with Gasteiger partial charge < -0.3 is 23.7 Å². The van der Waals surface area contributed by atoms with E-state index in [4.69, 9.17) is 18.9 Å². The van der Waals surface area contributed by atoms with Gasteiger partial charge in [-0.25, -0.2) is 0 Å². The highest BCUT2D eigenvalue weighted by molar-refractivity contribution is 5.67. The minimum atomic E-state index is -2.82. The Morgan fingerprint density at radius 3 is 2.18 bits per heavy atom. The first kappa shape index (κ1) is 18.3. The van der Waals surface area contributed by atoms with Gasteiger partial charge in [0.1, 0.15) is 18.8 Å². The molecule has 9 heteroatoms. The number of halogens is 1. The molecule has 0 aromatic heterocycles. The number of carbonyl (C=O) groups is 3. The molecule has 0 bridgehead atoms. The van der Waals surface area contributed by atoms with Gasteiger partial charge in [-0.05, 0) is 0 Å². The van der Waals surface area contributed by atoms with Gasteiger partial charge in [0.05, 0.1) is 0 Å². The van der Waals surface area contributed by atoms with Gasteiger partial charge in [-0.15, -0.1) is 0 Å². The Kier molecular flexibility index (Phi) is 6.24. The zero-order valence-corrected chi connectivity index (χ0v) is 12.8. The normalized spacial score (nSPS) is 31.2. The summed E-state index contributed by atoms with van der Waals surface area (Å²) >= 11 is 0. The fourth-order valence-corrected chi connectivity index (χ4v) is 2.07. The minimum absolute atomic E-state index is 0.0279. The molecule has 1 unspecified atom stereocenters. The summed E-state index contributed by atoms with van der Waals surface area (Å²) in [4.78, 5) is 33.1. The van der Waals surface area contributed by atoms with Crippen LogP contribution >= 0.6 is 0 Å². The summed E-state index contributed by atoms with van der Waals surface area (Å²) in [5.41, 5.74) is 0. The Hall–Kier alpha value is -1.74. The van der Waals surface area contributed by atoms with Crippen molar-refractivity contribution >= 4 is 17.9 Å². The first-order valence-corrected chi connectivity index (χ1v) is 6.57. The van der Waals surface area contributed by atoms with Gasteiger partial charge in [0.2, 0.25) is 6.10 Å². The molecule has 0 amide bonds. The van der Waals surface area contributed by atoms with Crippen molar-refractivity contribution in [3.05, 3.63) is 0 Å². The quantitative estimate of drug-likeness (QED) is 0.532. The van der Waals surface area contributed by atoms with E-state index < -0.39 is 42.3 Å². The zero-order chi connectivity index (χ0) is 16.9. The second kappa shape index (κ2) is 7.50. The van der Waals surface area contributed by atoms with Crippen LogP contribution in [0, 0.1) is 0 Å². The Morgan fingerprint density at radius 2 is 1.73 bits per heavy atom. The van der Waals surface area contributed by atoms with Crippen LogP contribution in [-0.2, 0) is 38.1 Å². The smallest absolute Gasteiger partial charge is 0.362 e. The van der Waals surface area contributed by atoms with Crippen molar-refractivity contribution in [2.75, 3.05) is 13.7 Å². The molecule has 4 atom stereocenters. The standard InChI is InChI=1S/C13H19FO8/c1-7(15)19-6-10-5-11(20-8(2)16)12(21-9(3)17)13(14,18-4)22-10/h10-12H,5-6H2,1-4H3/t10-,11-,12+,13?/m0/s1/i14-1. The summed E-state index contributed by atoms with van der Waals surface area (Å²) in [5.74, 6) is -2.05. The molecule has 0 aliphatic carbocycles. The second-order valence-electron chi connectivity index (χ2n) is 4.74. The third-order valence-electron chi connectivity index (χ3n) is 2.86. The molecule has 0 radical (unpaired) electrons. The van der Waals surface area contributed by atoms with E-state index in [1.807, 2.05) is 0 Å². The number of esters is 3. The third-order valence-corrected chi connectivity index (χ3v) is 2.86. The number of hydrogen-bond donors (Lipinski definition) is 0. The molecular weight excluding hydrogens is 302 g/mol. The maximum absolute atomic E-state index is 14.7. The molecule has 1 rings (SSSR count). The summed E-state index contributed by atoms with van der Waals surface area (Å²) in [5, 5.41) is 0. The topological polar surface area (TPSA) is 97.4 Å². The maximum Gasteiger partial charge on any atom is 0.362 e. The lowest BCUT2D eigenvalue weighted by Crippen LogP contribution is -2.59. The molecular formula is C13H19FO8. The zero-order valence-electron chi connectivity index (χ0n) is 12.8. The number of methoxy groups -OCH3 is 1. The Bertz CT molecular complexity index is 440. The van der Waals surface area contributed by atoms with E-state index in [0.717, 1.165) is 21.0 Å². The number of hydrogen-bond acceptors (Lipinski definition) is 8. The summed E-state index contributed by atoms with van der Waals surface area (Å²) in [6.45, 7) is 3.14. The van der Waals surface area contributed by atoms with Crippen molar-refractivity contribution in [3.63, 3.8) is 0 Å². The van der Waals surface area contributed by atoms with Gasteiger partial charge in [0, 0.05) is 34.3 Å². The largest absolute Gasteiger partial charge is 0.463 e. The maximum atomic E-state index is 14.7. The lowest BCUT2D eigenvalue weighted by Gasteiger charge is -2.42. The average molecular weight is 321 g/mol. The molecule has 0 N–H and O–H groups in total. The molecule has 1 aliphatic heterocycles. The van der Waals surface area contributed by atoms with Crippen LogP contribution in [0.2, 0.25) is 0 Å². The van der Waals surface area contributed by atoms with E-state index in [0.29, 0.717) is 0 Å².